The Morgan fingerprint density at radius 3 is 2.33 bits per heavy atom. The van der Waals surface area contributed by atoms with E-state index in [4.69, 9.17) is 0 Å². The first-order valence-electron chi connectivity index (χ1n) is 3.12. The summed E-state index contributed by atoms with van der Waals surface area (Å²) >= 11 is 0. The van der Waals surface area contributed by atoms with Crippen molar-refractivity contribution in [3.8, 4) is 0 Å². The Morgan fingerprint density at radius 2 is 2.00 bits per heavy atom. The Hall–Kier alpha value is -1.10. The van der Waals surface area contributed by atoms with Gasteiger partial charge < -0.3 is 4.74 Å². The van der Waals surface area contributed by atoms with Crippen molar-refractivity contribution in [2.75, 3.05) is 5.75 Å². The molecule has 0 aromatic heterocycles. The highest BCUT2D eigenvalue weighted by molar-refractivity contribution is 7.92. The van der Waals surface area contributed by atoms with Crippen LogP contribution in [-0.4, -0.2) is 26.1 Å². The Labute approximate surface area is 71.5 Å². The number of hydrogen-bond donors (Lipinski definition) is 0. The smallest absolute Gasteiger partial charge is 0.294 e. The number of sulfone groups is 1. The lowest BCUT2D eigenvalue weighted by Gasteiger charge is -2.09. The van der Waals surface area contributed by atoms with Crippen molar-refractivity contribution in [1.82, 2.24) is 0 Å². The van der Waals surface area contributed by atoms with E-state index in [1.54, 1.807) is 0 Å². The van der Waals surface area contributed by atoms with E-state index in [9.17, 15) is 13.2 Å². The van der Waals surface area contributed by atoms with Gasteiger partial charge in [-0.05, 0) is 6.08 Å². The fraction of sp³-hybridized carbons (Fsp3) is 0.286. The van der Waals surface area contributed by atoms with Crippen LogP contribution in [0, 0.1) is 0 Å². The molecule has 4 nitrogen and oxygen atoms in total. The minimum atomic E-state index is -3.47. The van der Waals surface area contributed by atoms with Crippen molar-refractivity contribution < 1.29 is 17.9 Å². The summed E-state index contributed by atoms with van der Waals surface area (Å²) in [4.78, 5) is 9.86. The third kappa shape index (κ3) is 2.87. The van der Waals surface area contributed by atoms with Crippen LogP contribution >= 0.6 is 0 Å². The van der Waals surface area contributed by atoms with Gasteiger partial charge in [-0.15, -0.1) is 6.58 Å². The molecule has 0 saturated carbocycles. The fourth-order valence-corrected chi connectivity index (χ4v) is 1.63. The number of carbonyl (C=O) groups is 1. The molecule has 12 heavy (non-hydrogen) atoms. The van der Waals surface area contributed by atoms with Crippen molar-refractivity contribution >= 4 is 16.3 Å². The predicted octanol–water partition coefficient (Wildman–Crippen LogP) is 0.272. The second-order valence-corrected chi connectivity index (χ2v) is 4.08. The van der Waals surface area contributed by atoms with E-state index in [2.05, 4.69) is 17.9 Å². The summed E-state index contributed by atoms with van der Waals surface area (Å²) in [6.07, 6.45) is 2.27. The predicted molar refractivity (Wildman–Crippen MR) is 45.1 cm³/mol. The second-order valence-electron chi connectivity index (χ2n) is 1.95. The van der Waals surface area contributed by atoms with Crippen LogP contribution in [0.2, 0.25) is 0 Å². The Bertz CT molecular complexity index is 265. The zero-order valence-corrected chi connectivity index (χ0v) is 7.29. The average Bonchev–Trinajstić information content (AvgIpc) is 1.99. The molecule has 0 aromatic carbocycles. The first-order chi connectivity index (χ1) is 5.58. The Balaban J connectivity index is 4.58. The van der Waals surface area contributed by atoms with Gasteiger partial charge in [0.15, 0.2) is 9.84 Å². The number of ether oxygens (including phenoxy) is 1. The Kier molecular flexibility index (Phi) is 4.28. The minimum Gasteiger partial charge on any atom is -0.444 e. The molecule has 0 radical (unpaired) electrons. The van der Waals surface area contributed by atoms with E-state index in [1.807, 2.05) is 0 Å². The van der Waals surface area contributed by atoms with Crippen LogP contribution in [0.25, 0.3) is 0 Å². The summed E-state index contributed by atoms with van der Waals surface area (Å²) in [5, 5.41) is 0. The van der Waals surface area contributed by atoms with Gasteiger partial charge in [-0.1, -0.05) is 12.7 Å². The SMILES string of the molecule is C=CCS(=O)(=O)C(C=C)OC=O. The molecule has 0 saturated heterocycles. The van der Waals surface area contributed by atoms with E-state index < -0.39 is 15.3 Å². The molecule has 1 atom stereocenters. The first kappa shape index (κ1) is 10.9. The highest BCUT2D eigenvalue weighted by Gasteiger charge is 2.21. The van der Waals surface area contributed by atoms with Crippen LogP contribution in [0.5, 0.6) is 0 Å². The van der Waals surface area contributed by atoms with Gasteiger partial charge in [0.25, 0.3) is 6.47 Å². The van der Waals surface area contributed by atoms with Gasteiger partial charge in [0.2, 0.25) is 5.44 Å². The maximum absolute atomic E-state index is 11.1. The molecule has 0 fully saturated rings. The largest absolute Gasteiger partial charge is 0.444 e. The molecular weight excluding hydrogens is 180 g/mol. The Morgan fingerprint density at radius 1 is 1.42 bits per heavy atom. The van der Waals surface area contributed by atoms with Gasteiger partial charge in [-0.3, -0.25) is 4.79 Å². The van der Waals surface area contributed by atoms with Crippen LogP contribution in [0.3, 0.4) is 0 Å². The van der Waals surface area contributed by atoms with Crippen LogP contribution in [0.4, 0.5) is 0 Å². The molecule has 0 aromatic rings. The van der Waals surface area contributed by atoms with E-state index in [-0.39, 0.29) is 12.2 Å². The molecule has 0 aliphatic carbocycles. The summed E-state index contributed by atoms with van der Waals surface area (Å²) in [6.45, 7) is 6.57. The van der Waals surface area contributed by atoms with Crippen LogP contribution in [0.1, 0.15) is 0 Å². The number of rotatable bonds is 6. The maximum Gasteiger partial charge on any atom is 0.294 e. The molecule has 0 N–H and O–H groups in total. The molecule has 1 unspecified atom stereocenters. The lowest BCUT2D eigenvalue weighted by Crippen LogP contribution is -2.23. The summed E-state index contributed by atoms with van der Waals surface area (Å²) in [5.41, 5.74) is -1.27. The van der Waals surface area contributed by atoms with Gasteiger partial charge in [0.05, 0.1) is 5.75 Å². The standard InChI is InChI=1S/C7H10O4S/c1-3-5-12(9,10)7(4-2)11-6-8/h3-4,6-7H,1-2,5H2. The monoisotopic (exact) mass is 190 g/mol. The van der Waals surface area contributed by atoms with Crippen LogP contribution < -0.4 is 0 Å². The molecular formula is C7H10O4S. The minimum absolute atomic E-state index is 0.0764. The van der Waals surface area contributed by atoms with E-state index in [1.165, 1.54) is 6.08 Å². The molecule has 0 heterocycles. The quantitative estimate of drug-likeness (QED) is 0.445. The normalized spacial score (nSPS) is 13.0. The molecule has 0 bridgehead atoms. The third-order valence-corrected chi connectivity index (χ3v) is 2.80. The zero-order valence-electron chi connectivity index (χ0n) is 6.47. The first-order valence-corrected chi connectivity index (χ1v) is 4.84. The summed E-state index contributed by atoms with van der Waals surface area (Å²) in [6, 6.07) is 0. The van der Waals surface area contributed by atoms with Crippen molar-refractivity contribution in [3.05, 3.63) is 25.3 Å². The molecule has 0 aliphatic heterocycles. The van der Waals surface area contributed by atoms with Gasteiger partial charge in [0.1, 0.15) is 0 Å². The molecule has 5 heteroatoms. The number of hydrogen-bond acceptors (Lipinski definition) is 4. The van der Waals surface area contributed by atoms with Gasteiger partial charge in [-0.25, -0.2) is 8.42 Å². The lowest BCUT2D eigenvalue weighted by molar-refractivity contribution is -0.128. The molecule has 0 aliphatic rings. The van der Waals surface area contributed by atoms with Crippen LogP contribution in [0.15, 0.2) is 25.3 Å². The van der Waals surface area contributed by atoms with Crippen molar-refractivity contribution in [1.29, 1.82) is 0 Å². The van der Waals surface area contributed by atoms with Crippen molar-refractivity contribution in [2.45, 2.75) is 5.44 Å². The van der Waals surface area contributed by atoms with E-state index in [0.717, 1.165) is 6.08 Å². The summed E-state index contributed by atoms with van der Waals surface area (Å²) < 4.78 is 26.5. The van der Waals surface area contributed by atoms with Crippen molar-refractivity contribution in [2.24, 2.45) is 0 Å². The van der Waals surface area contributed by atoms with Crippen molar-refractivity contribution in [3.63, 3.8) is 0 Å². The highest BCUT2D eigenvalue weighted by Crippen LogP contribution is 2.04. The van der Waals surface area contributed by atoms with Gasteiger partial charge >= 0.3 is 0 Å². The third-order valence-electron chi connectivity index (χ3n) is 1.09. The molecule has 0 amide bonds. The molecule has 0 rings (SSSR count). The second kappa shape index (κ2) is 4.71. The van der Waals surface area contributed by atoms with E-state index >= 15 is 0 Å². The highest BCUT2D eigenvalue weighted by atomic mass is 32.2. The fourth-order valence-electron chi connectivity index (χ4n) is 0.601. The average molecular weight is 190 g/mol. The molecule has 0 spiro atoms. The topological polar surface area (TPSA) is 60.4 Å². The van der Waals surface area contributed by atoms with E-state index in [0.29, 0.717) is 0 Å². The zero-order chi connectivity index (χ0) is 9.61. The molecule has 68 valence electrons. The van der Waals surface area contributed by atoms with Gasteiger partial charge in [-0.2, -0.15) is 0 Å². The maximum atomic E-state index is 11.1. The van der Waals surface area contributed by atoms with Crippen LogP contribution in [-0.2, 0) is 19.4 Å². The lowest BCUT2D eigenvalue weighted by atomic mass is 10.7. The van der Waals surface area contributed by atoms with Gasteiger partial charge in [0, 0.05) is 0 Å². The summed E-state index contributed by atoms with van der Waals surface area (Å²) in [7, 11) is -3.47. The summed E-state index contributed by atoms with van der Waals surface area (Å²) in [5.74, 6) is -0.239. The number of carbonyl (C=O) groups excluding carboxylic acids is 1.